The van der Waals surface area contributed by atoms with Gasteiger partial charge in [0.2, 0.25) is 5.91 Å². The van der Waals surface area contributed by atoms with Crippen LogP contribution in [0.4, 0.5) is 0 Å². The molecule has 20 heavy (non-hydrogen) atoms. The number of benzene rings is 1. The molecular formula is C15H22Cl2N2O. The summed E-state index contributed by atoms with van der Waals surface area (Å²) in [5.41, 5.74) is 6.69. The van der Waals surface area contributed by atoms with Crippen LogP contribution >= 0.6 is 24.0 Å². The van der Waals surface area contributed by atoms with Gasteiger partial charge in [0, 0.05) is 31.1 Å². The second-order valence-electron chi connectivity index (χ2n) is 5.20. The number of amides is 1. The molecule has 0 aromatic heterocycles. The maximum atomic E-state index is 12.0. The highest BCUT2D eigenvalue weighted by molar-refractivity contribution is 6.30. The number of nitrogens with two attached hydrogens (primary N) is 1. The van der Waals surface area contributed by atoms with E-state index in [0.29, 0.717) is 18.9 Å². The largest absolute Gasteiger partial charge is 0.342 e. The summed E-state index contributed by atoms with van der Waals surface area (Å²) in [4.78, 5) is 14.0. The van der Waals surface area contributed by atoms with Crippen LogP contribution in [0.5, 0.6) is 0 Å². The summed E-state index contributed by atoms with van der Waals surface area (Å²) in [5.74, 6) is 0.898. The van der Waals surface area contributed by atoms with E-state index in [1.54, 1.807) is 0 Å². The molecule has 0 aliphatic heterocycles. The van der Waals surface area contributed by atoms with Gasteiger partial charge in [-0.3, -0.25) is 4.79 Å². The normalized spacial score (nSPS) is 13.7. The Balaban J connectivity index is 0.00000200. The molecule has 3 nitrogen and oxygen atoms in total. The zero-order chi connectivity index (χ0) is 13.7. The van der Waals surface area contributed by atoms with Gasteiger partial charge in [0.25, 0.3) is 0 Å². The lowest BCUT2D eigenvalue weighted by atomic mass is 10.1. The molecule has 2 rings (SSSR count). The highest BCUT2D eigenvalue weighted by Crippen LogP contribution is 2.29. The van der Waals surface area contributed by atoms with Crippen LogP contribution in [0, 0.1) is 5.92 Å². The van der Waals surface area contributed by atoms with Gasteiger partial charge in [0.1, 0.15) is 0 Å². The topological polar surface area (TPSA) is 46.3 Å². The van der Waals surface area contributed by atoms with Crippen molar-refractivity contribution in [1.29, 1.82) is 0 Å². The number of nitrogens with zero attached hydrogens (tertiary/aromatic N) is 1. The van der Waals surface area contributed by atoms with Gasteiger partial charge in [-0.2, -0.15) is 0 Å². The molecule has 0 unspecified atom stereocenters. The summed E-state index contributed by atoms with van der Waals surface area (Å²) in [5, 5.41) is 0.748. The Morgan fingerprint density at radius 3 is 2.50 bits per heavy atom. The smallest absolute Gasteiger partial charge is 0.223 e. The highest BCUT2D eigenvalue weighted by Gasteiger charge is 2.26. The van der Waals surface area contributed by atoms with E-state index in [-0.39, 0.29) is 18.3 Å². The van der Waals surface area contributed by atoms with E-state index in [4.69, 9.17) is 17.3 Å². The summed E-state index contributed by atoms with van der Waals surface area (Å²) in [7, 11) is 0. The quantitative estimate of drug-likeness (QED) is 0.840. The van der Waals surface area contributed by atoms with E-state index in [1.165, 1.54) is 18.4 Å². The van der Waals surface area contributed by atoms with E-state index < -0.39 is 0 Å². The third kappa shape index (κ3) is 5.70. The predicted molar refractivity (Wildman–Crippen MR) is 85.4 cm³/mol. The molecule has 1 aliphatic carbocycles. The molecule has 0 heterocycles. The van der Waals surface area contributed by atoms with E-state index in [9.17, 15) is 4.79 Å². The fourth-order valence-electron chi connectivity index (χ4n) is 2.13. The molecule has 1 aliphatic rings. The molecule has 0 bridgehead atoms. The number of rotatable bonds is 7. The lowest BCUT2D eigenvalue weighted by Crippen LogP contribution is -2.35. The number of hydrogen-bond donors (Lipinski definition) is 1. The van der Waals surface area contributed by atoms with Gasteiger partial charge in [-0.25, -0.2) is 0 Å². The Morgan fingerprint density at radius 2 is 1.95 bits per heavy atom. The van der Waals surface area contributed by atoms with Gasteiger partial charge in [0.15, 0.2) is 0 Å². The van der Waals surface area contributed by atoms with Crippen molar-refractivity contribution < 1.29 is 4.79 Å². The number of carbonyl (C=O) groups is 1. The Morgan fingerprint density at radius 1 is 1.30 bits per heavy atom. The Labute approximate surface area is 131 Å². The van der Waals surface area contributed by atoms with Gasteiger partial charge < -0.3 is 10.6 Å². The fraction of sp³-hybridized carbons (Fsp3) is 0.533. The molecule has 1 aromatic carbocycles. The van der Waals surface area contributed by atoms with Crippen molar-refractivity contribution in [3.63, 3.8) is 0 Å². The molecule has 0 saturated heterocycles. The molecule has 1 aromatic rings. The Bertz CT molecular complexity index is 418. The van der Waals surface area contributed by atoms with Crippen molar-refractivity contribution in [2.45, 2.75) is 25.7 Å². The number of halogens is 2. The molecule has 1 saturated carbocycles. The summed E-state index contributed by atoms with van der Waals surface area (Å²) < 4.78 is 0. The van der Waals surface area contributed by atoms with Crippen molar-refractivity contribution in [1.82, 2.24) is 4.90 Å². The minimum Gasteiger partial charge on any atom is -0.342 e. The van der Waals surface area contributed by atoms with Gasteiger partial charge in [-0.1, -0.05) is 23.7 Å². The number of carbonyl (C=O) groups excluding carboxylic acids is 1. The van der Waals surface area contributed by atoms with Gasteiger partial charge in [-0.15, -0.1) is 12.4 Å². The monoisotopic (exact) mass is 316 g/mol. The van der Waals surface area contributed by atoms with E-state index >= 15 is 0 Å². The van der Waals surface area contributed by atoms with Crippen molar-refractivity contribution in [2.75, 3.05) is 19.6 Å². The van der Waals surface area contributed by atoms with Crippen molar-refractivity contribution in [3.05, 3.63) is 34.9 Å². The van der Waals surface area contributed by atoms with Crippen LogP contribution in [0.15, 0.2) is 24.3 Å². The van der Waals surface area contributed by atoms with Crippen LogP contribution in [0.1, 0.15) is 24.8 Å². The molecule has 5 heteroatoms. The summed E-state index contributed by atoms with van der Waals surface area (Å²) in [6, 6.07) is 7.82. The molecule has 0 radical (unpaired) electrons. The first-order valence-electron chi connectivity index (χ1n) is 6.91. The molecular weight excluding hydrogens is 295 g/mol. The minimum atomic E-state index is 0. The molecule has 112 valence electrons. The minimum absolute atomic E-state index is 0. The third-order valence-electron chi connectivity index (χ3n) is 3.47. The van der Waals surface area contributed by atoms with E-state index in [1.807, 2.05) is 29.2 Å². The summed E-state index contributed by atoms with van der Waals surface area (Å²) in [6.07, 6.45) is 3.84. The van der Waals surface area contributed by atoms with Crippen molar-refractivity contribution in [3.8, 4) is 0 Å². The average Bonchev–Trinajstić information content (AvgIpc) is 3.20. The first kappa shape index (κ1) is 17.3. The van der Waals surface area contributed by atoms with Gasteiger partial charge in [0.05, 0.1) is 0 Å². The van der Waals surface area contributed by atoms with E-state index in [2.05, 4.69) is 0 Å². The van der Waals surface area contributed by atoms with Crippen LogP contribution in [0.25, 0.3) is 0 Å². The molecule has 1 fully saturated rings. The molecule has 0 atom stereocenters. The fourth-order valence-corrected chi connectivity index (χ4v) is 2.25. The van der Waals surface area contributed by atoms with E-state index in [0.717, 1.165) is 24.5 Å². The maximum absolute atomic E-state index is 12.0. The molecule has 0 spiro atoms. The average molecular weight is 317 g/mol. The van der Waals surface area contributed by atoms with Gasteiger partial charge in [-0.05, 0) is 42.9 Å². The maximum Gasteiger partial charge on any atom is 0.223 e. The summed E-state index contributed by atoms with van der Waals surface area (Å²) >= 11 is 5.86. The number of hydrogen-bond acceptors (Lipinski definition) is 2. The molecule has 2 N–H and O–H groups in total. The Hall–Kier alpha value is -0.770. The second kappa shape index (κ2) is 8.50. The van der Waals surface area contributed by atoms with Crippen LogP contribution < -0.4 is 5.73 Å². The predicted octanol–water partition coefficient (Wildman–Crippen LogP) is 2.89. The third-order valence-corrected chi connectivity index (χ3v) is 3.72. The van der Waals surface area contributed by atoms with Crippen LogP contribution in [0.3, 0.4) is 0 Å². The second-order valence-corrected chi connectivity index (χ2v) is 5.63. The summed E-state index contributed by atoms with van der Waals surface area (Å²) in [6.45, 7) is 2.10. The zero-order valence-electron chi connectivity index (χ0n) is 11.6. The lowest BCUT2D eigenvalue weighted by Gasteiger charge is -2.22. The van der Waals surface area contributed by atoms with Gasteiger partial charge >= 0.3 is 0 Å². The van der Waals surface area contributed by atoms with Crippen LogP contribution in [-0.4, -0.2) is 30.4 Å². The van der Waals surface area contributed by atoms with Crippen LogP contribution in [0.2, 0.25) is 5.02 Å². The van der Waals surface area contributed by atoms with Crippen molar-refractivity contribution >= 4 is 29.9 Å². The SMILES string of the molecule is Cl.NCCC(=O)N(CCc1ccc(Cl)cc1)CC1CC1. The lowest BCUT2D eigenvalue weighted by molar-refractivity contribution is -0.131. The van der Waals surface area contributed by atoms with Crippen molar-refractivity contribution in [2.24, 2.45) is 11.7 Å². The molecule has 1 amide bonds. The Kier molecular flexibility index (Phi) is 7.35. The first-order valence-corrected chi connectivity index (χ1v) is 7.29. The highest BCUT2D eigenvalue weighted by atomic mass is 35.5. The first-order chi connectivity index (χ1) is 9.19. The zero-order valence-corrected chi connectivity index (χ0v) is 13.1. The van der Waals surface area contributed by atoms with Crippen LogP contribution in [-0.2, 0) is 11.2 Å². The standard InChI is InChI=1S/C15H21ClN2O.ClH/c16-14-5-3-12(4-6-14)8-10-18(11-13-1-2-13)15(19)7-9-17;/h3-6,13H,1-2,7-11,17H2;1H.